The number of alkyl halides is 6. The van der Waals surface area contributed by atoms with E-state index in [1.165, 1.54) is 18.0 Å². The Labute approximate surface area is 255 Å². The van der Waals surface area contributed by atoms with E-state index >= 15 is 0 Å². The van der Waals surface area contributed by atoms with Crippen LogP contribution in [0.1, 0.15) is 27.8 Å². The van der Waals surface area contributed by atoms with Gasteiger partial charge >= 0.3 is 30.0 Å². The first-order chi connectivity index (χ1) is 21.3. The molecule has 12 nitrogen and oxygen atoms in total. The van der Waals surface area contributed by atoms with Gasteiger partial charge < -0.3 is 29.5 Å². The average molecular weight is 657 g/mol. The highest BCUT2D eigenvalue weighted by atomic mass is 19.4. The lowest BCUT2D eigenvalue weighted by Crippen LogP contribution is -2.37. The molecule has 0 bridgehead atoms. The number of oxazole rings is 1. The SMILES string of the molecule is Cc1cnc(Nc2cc(C)c(C)c(C)c2)nc1Nc1cc(CN(C)C)c2oc(=O)n(OC(=O)C(F)(F)F)c2c1OC(=O)C(F)(F)F. The van der Waals surface area contributed by atoms with Gasteiger partial charge in [0.05, 0.1) is 5.69 Å². The van der Waals surface area contributed by atoms with Crippen molar-refractivity contribution in [3.63, 3.8) is 0 Å². The molecule has 0 aliphatic rings. The molecular formula is C28H26F6N6O6. The first-order valence-corrected chi connectivity index (χ1v) is 13.2. The number of rotatable bonds is 8. The van der Waals surface area contributed by atoms with Crippen molar-refractivity contribution in [2.24, 2.45) is 0 Å². The summed E-state index contributed by atoms with van der Waals surface area (Å²) in [5.41, 5.74) is 1.90. The van der Waals surface area contributed by atoms with Crippen LogP contribution in [-0.4, -0.2) is 58.0 Å². The first-order valence-electron chi connectivity index (χ1n) is 13.2. The van der Waals surface area contributed by atoms with E-state index in [9.17, 15) is 40.7 Å². The largest absolute Gasteiger partial charge is 0.493 e. The zero-order chi connectivity index (χ0) is 34.3. The van der Waals surface area contributed by atoms with Crippen molar-refractivity contribution >= 4 is 46.2 Å². The summed E-state index contributed by atoms with van der Waals surface area (Å²) in [7, 11) is 3.13. The van der Waals surface area contributed by atoms with Crippen LogP contribution in [0, 0.1) is 27.7 Å². The molecule has 246 valence electrons. The Kier molecular flexibility index (Phi) is 9.06. The summed E-state index contributed by atoms with van der Waals surface area (Å²) < 4.78 is 88.5. The molecule has 0 saturated heterocycles. The van der Waals surface area contributed by atoms with Crippen molar-refractivity contribution in [3.05, 3.63) is 62.8 Å². The Bertz CT molecular complexity index is 1870. The third-order valence-corrected chi connectivity index (χ3v) is 6.57. The number of anilines is 4. The molecule has 0 saturated carbocycles. The zero-order valence-corrected chi connectivity index (χ0v) is 25.0. The summed E-state index contributed by atoms with van der Waals surface area (Å²) in [4.78, 5) is 50.6. The van der Waals surface area contributed by atoms with Crippen LogP contribution < -0.4 is 26.0 Å². The molecule has 4 rings (SSSR count). The number of carbonyl (C=O) groups is 2. The molecule has 0 spiro atoms. The number of esters is 1. The second-order valence-corrected chi connectivity index (χ2v) is 10.5. The van der Waals surface area contributed by atoms with Crippen LogP contribution in [0.3, 0.4) is 0 Å². The van der Waals surface area contributed by atoms with Crippen LogP contribution >= 0.6 is 0 Å². The fourth-order valence-electron chi connectivity index (χ4n) is 4.22. The van der Waals surface area contributed by atoms with Gasteiger partial charge in [0, 0.05) is 29.6 Å². The number of nitrogens with one attached hydrogen (secondary N) is 2. The molecule has 18 heteroatoms. The highest BCUT2D eigenvalue weighted by molar-refractivity contribution is 5.94. The lowest BCUT2D eigenvalue weighted by molar-refractivity contribution is -0.200. The van der Waals surface area contributed by atoms with Crippen molar-refractivity contribution < 1.29 is 49.9 Å². The van der Waals surface area contributed by atoms with Gasteiger partial charge in [-0.2, -0.15) is 31.3 Å². The van der Waals surface area contributed by atoms with Gasteiger partial charge in [0.25, 0.3) is 0 Å². The van der Waals surface area contributed by atoms with Crippen LogP contribution in [0.15, 0.2) is 33.6 Å². The van der Waals surface area contributed by atoms with E-state index in [1.54, 1.807) is 14.1 Å². The number of aromatic nitrogens is 3. The summed E-state index contributed by atoms with van der Waals surface area (Å²) in [6.07, 6.45) is -9.84. The topological polar surface area (TPSA) is 141 Å². The van der Waals surface area contributed by atoms with E-state index in [0.29, 0.717) is 11.3 Å². The Morgan fingerprint density at radius 2 is 1.54 bits per heavy atom. The van der Waals surface area contributed by atoms with Crippen LogP contribution in [0.5, 0.6) is 5.75 Å². The number of nitrogens with zero attached hydrogens (tertiary/aromatic N) is 4. The van der Waals surface area contributed by atoms with Gasteiger partial charge in [-0.05, 0) is 76.7 Å². The maximum absolute atomic E-state index is 13.4. The van der Waals surface area contributed by atoms with Crippen molar-refractivity contribution in [1.82, 2.24) is 19.6 Å². The van der Waals surface area contributed by atoms with Gasteiger partial charge in [0.15, 0.2) is 16.8 Å². The van der Waals surface area contributed by atoms with Crippen molar-refractivity contribution in [1.29, 1.82) is 0 Å². The molecule has 0 unspecified atom stereocenters. The number of hydrogen-bond donors (Lipinski definition) is 2. The Morgan fingerprint density at radius 1 is 0.935 bits per heavy atom. The molecule has 46 heavy (non-hydrogen) atoms. The summed E-state index contributed by atoms with van der Waals surface area (Å²) in [6.45, 7) is 7.20. The number of halogens is 6. The third-order valence-electron chi connectivity index (χ3n) is 6.57. The van der Waals surface area contributed by atoms with E-state index in [0.717, 1.165) is 22.8 Å². The molecule has 4 aromatic rings. The van der Waals surface area contributed by atoms with E-state index in [2.05, 4.69) is 30.2 Å². The summed E-state index contributed by atoms with van der Waals surface area (Å²) in [6, 6.07) is 4.83. The van der Waals surface area contributed by atoms with Crippen LogP contribution in [0.4, 0.5) is 49.5 Å². The van der Waals surface area contributed by atoms with Gasteiger partial charge in [0.2, 0.25) is 5.95 Å². The zero-order valence-electron chi connectivity index (χ0n) is 25.0. The quantitative estimate of drug-likeness (QED) is 0.148. The Hall–Kier alpha value is -5.13. The number of ether oxygens (including phenoxy) is 1. The predicted octanol–water partition coefficient (Wildman–Crippen LogP) is 5.15. The molecule has 0 fully saturated rings. The monoisotopic (exact) mass is 656 g/mol. The predicted molar refractivity (Wildman–Crippen MR) is 151 cm³/mol. The standard InChI is InChI=1S/C28H26F6N6O6/c1-12-7-17(8-13(2)15(12)4)36-25-35-10-14(3)22(38-25)37-18-9-16(11-39(5)6)20-19(21(18)44-23(41)27(29,30)31)40(26(43)45-20)46-24(42)28(32,33)34/h7-10H,11H2,1-6H3,(H2,35,36,37,38). The van der Waals surface area contributed by atoms with Crippen molar-refractivity contribution in [2.75, 3.05) is 24.7 Å². The van der Waals surface area contributed by atoms with E-state index < -0.39 is 52.6 Å². The molecule has 2 N–H and O–H groups in total. The van der Waals surface area contributed by atoms with Crippen LogP contribution in [-0.2, 0) is 16.1 Å². The summed E-state index contributed by atoms with van der Waals surface area (Å²) in [5.74, 6) is -8.56. The van der Waals surface area contributed by atoms with Crippen molar-refractivity contribution in [3.8, 4) is 5.75 Å². The smallest absolute Gasteiger partial charge is 0.415 e. The van der Waals surface area contributed by atoms with Crippen molar-refractivity contribution in [2.45, 2.75) is 46.6 Å². The fraction of sp³-hybridized carbons (Fsp3) is 0.321. The second-order valence-electron chi connectivity index (χ2n) is 10.5. The minimum absolute atomic E-state index is 0.0175. The third kappa shape index (κ3) is 7.22. The fourth-order valence-corrected chi connectivity index (χ4v) is 4.22. The number of fused-ring (bicyclic) bond motifs is 1. The second kappa shape index (κ2) is 12.3. The number of benzene rings is 2. The number of aryl methyl sites for hydroxylation is 3. The van der Waals surface area contributed by atoms with Gasteiger partial charge in [-0.1, -0.05) is 4.73 Å². The van der Waals surface area contributed by atoms with Gasteiger partial charge in [0.1, 0.15) is 5.82 Å². The molecule has 2 aromatic carbocycles. The average Bonchev–Trinajstić information content (AvgIpc) is 3.25. The van der Waals surface area contributed by atoms with E-state index in [-0.39, 0.29) is 28.6 Å². The maximum atomic E-state index is 13.4. The van der Waals surface area contributed by atoms with Gasteiger partial charge in [-0.25, -0.2) is 19.4 Å². The molecule has 2 heterocycles. The summed E-state index contributed by atoms with van der Waals surface area (Å²) in [5, 5.41) is 5.73. The number of hydrogen-bond acceptors (Lipinski definition) is 11. The summed E-state index contributed by atoms with van der Waals surface area (Å²) >= 11 is 0. The lowest BCUT2D eigenvalue weighted by atomic mass is 10.0. The molecule has 0 radical (unpaired) electrons. The van der Waals surface area contributed by atoms with Gasteiger partial charge in [-0.15, -0.1) is 0 Å². The lowest BCUT2D eigenvalue weighted by Gasteiger charge is -2.18. The molecular weight excluding hydrogens is 630 g/mol. The molecule has 0 aliphatic carbocycles. The Morgan fingerprint density at radius 3 is 2.11 bits per heavy atom. The molecule has 0 amide bonds. The normalized spacial score (nSPS) is 12.0. The molecule has 2 aromatic heterocycles. The number of carbonyl (C=O) groups excluding carboxylic acids is 2. The highest BCUT2D eigenvalue weighted by Crippen LogP contribution is 2.40. The molecule has 0 aliphatic heterocycles. The first kappa shape index (κ1) is 33.8. The van der Waals surface area contributed by atoms with E-state index in [4.69, 9.17) is 4.42 Å². The van der Waals surface area contributed by atoms with Gasteiger partial charge in [-0.3, -0.25) is 0 Å². The Balaban J connectivity index is 1.93. The maximum Gasteiger partial charge on any atom is 0.493 e. The minimum atomic E-state index is -5.62. The van der Waals surface area contributed by atoms with E-state index in [1.807, 2.05) is 32.9 Å². The minimum Gasteiger partial charge on any atom is -0.415 e. The van der Waals surface area contributed by atoms with Crippen LogP contribution in [0.25, 0.3) is 11.1 Å². The van der Waals surface area contributed by atoms with Crippen LogP contribution in [0.2, 0.25) is 0 Å². The highest BCUT2D eigenvalue weighted by Gasteiger charge is 2.45. The molecule has 0 atom stereocenters.